The summed E-state index contributed by atoms with van der Waals surface area (Å²) in [5, 5.41) is 1.13. The fourth-order valence-electron chi connectivity index (χ4n) is 4.79. The van der Waals surface area contributed by atoms with Crippen molar-refractivity contribution in [3.63, 3.8) is 0 Å². The minimum Gasteiger partial charge on any atom is -1.00 e. The van der Waals surface area contributed by atoms with Crippen LogP contribution in [0.1, 0.15) is 98.6 Å². The van der Waals surface area contributed by atoms with E-state index in [9.17, 15) is 0 Å². The summed E-state index contributed by atoms with van der Waals surface area (Å²) in [6, 6.07) is 26.6. The predicted octanol–water partition coefficient (Wildman–Crippen LogP) is 7.79. The molecule has 2 nitrogen and oxygen atoms in total. The van der Waals surface area contributed by atoms with Crippen molar-refractivity contribution < 1.29 is 21.5 Å². The Morgan fingerprint density at radius 1 is 0.591 bits per heavy atom. The van der Waals surface area contributed by atoms with Gasteiger partial charge in [-0.3, -0.25) is 4.98 Å². The lowest BCUT2D eigenvalue weighted by atomic mass is 10.0. The van der Waals surface area contributed by atoms with Crippen molar-refractivity contribution in [2.24, 2.45) is 0 Å². The standard InChI is InChI=1S/C20H28N.C14H21Br.C6H7N.BrH/c1-3-4-9-19-11-13-20(14-12-19)10-5-6-15-21-16-7-8-18(2)17-21;1-2-3-6-13-8-10-14(11-9-13)7-4-5-12-15;1-6-3-2-4-7-5-6;/h7-8,11-14,16-17H,3-6,9-10,15H2,1-2H3;8-11H,2-7,12H2,1H3;2-5H,1H3;1H/q+1;;;/p-1. The van der Waals surface area contributed by atoms with E-state index in [-0.39, 0.29) is 17.0 Å². The number of halogens is 2. The van der Waals surface area contributed by atoms with Crippen molar-refractivity contribution >= 4 is 15.9 Å². The van der Waals surface area contributed by atoms with Crippen LogP contribution in [0, 0.1) is 13.8 Å². The monoisotopic (exact) mass is 722 g/mol. The molecule has 0 unspecified atom stereocenters. The lowest BCUT2D eigenvalue weighted by molar-refractivity contribution is -0.697. The van der Waals surface area contributed by atoms with Crippen LogP contribution in [0.3, 0.4) is 0 Å². The van der Waals surface area contributed by atoms with Gasteiger partial charge in [-0.2, -0.15) is 0 Å². The summed E-state index contributed by atoms with van der Waals surface area (Å²) in [5.41, 5.74) is 8.47. The maximum Gasteiger partial charge on any atom is 0.171 e. The summed E-state index contributed by atoms with van der Waals surface area (Å²) >= 11 is 3.46. The highest BCUT2D eigenvalue weighted by Crippen LogP contribution is 2.12. The fraction of sp³-hybridized carbons (Fsp3) is 0.450. The SMILES string of the molecule is CCCCc1ccc(CCCCBr)cc1.CCCCc1ccc(CCCC[n+]2cccc(C)c2)cc1.Cc1cccnc1.[Br-]. The normalized spacial score (nSPS) is 10.1. The lowest BCUT2D eigenvalue weighted by Gasteiger charge is -2.04. The predicted molar refractivity (Wildman–Crippen MR) is 190 cm³/mol. The molecular weight excluding hydrogens is 668 g/mol. The Kier molecular flexibility index (Phi) is 23.4. The molecule has 0 spiro atoms. The molecule has 4 heteroatoms. The van der Waals surface area contributed by atoms with Crippen LogP contribution in [0.2, 0.25) is 0 Å². The Hall–Kier alpha value is -2.30. The van der Waals surface area contributed by atoms with Crippen LogP contribution in [0.5, 0.6) is 0 Å². The van der Waals surface area contributed by atoms with Gasteiger partial charge in [-0.25, -0.2) is 4.57 Å². The Morgan fingerprint density at radius 3 is 1.45 bits per heavy atom. The number of hydrogen-bond donors (Lipinski definition) is 0. The quantitative estimate of drug-likeness (QED) is 0.0696. The molecule has 2 heterocycles. The van der Waals surface area contributed by atoms with Crippen molar-refractivity contribution in [1.29, 1.82) is 0 Å². The maximum absolute atomic E-state index is 3.88. The minimum absolute atomic E-state index is 0. The smallest absolute Gasteiger partial charge is 0.171 e. The van der Waals surface area contributed by atoms with E-state index >= 15 is 0 Å². The van der Waals surface area contributed by atoms with Crippen LogP contribution in [-0.2, 0) is 32.2 Å². The van der Waals surface area contributed by atoms with Crippen LogP contribution in [-0.4, -0.2) is 10.3 Å². The molecule has 0 aliphatic heterocycles. The molecule has 0 N–H and O–H groups in total. The highest BCUT2D eigenvalue weighted by atomic mass is 79.9. The topological polar surface area (TPSA) is 16.8 Å². The number of unbranched alkanes of at least 4 members (excludes halogenated alkanes) is 4. The van der Waals surface area contributed by atoms with E-state index in [1.54, 1.807) is 6.20 Å². The lowest BCUT2D eigenvalue weighted by Crippen LogP contribution is -3.00. The van der Waals surface area contributed by atoms with E-state index in [0.717, 1.165) is 11.9 Å². The largest absolute Gasteiger partial charge is 1.00 e. The van der Waals surface area contributed by atoms with E-state index in [1.807, 2.05) is 25.3 Å². The first-order valence-electron chi connectivity index (χ1n) is 16.6. The molecule has 0 saturated heterocycles. The van der Waals surface area contributed by atoms with Crippen molar-refractivity contribution in [2.75, 3.05) is 5.33 Å². The van der Waals surface area contributed by atoms with Gasteiger partial charge in [0.25, 0.3) is 0 Å². The second-order valence-electron chi connectivity index (χ2n) is 11.6. The summed E-state index contributed by atoms with van der Waals surface area (Å²) < 4.78 is 2.29. The summed E-state index contributed by atoms with van der Waals surface area (Å²) in [6.45, 7) is 9.79. The molecule has 0 bridgehead atoms. The third-order valence-corrected chi connectivity index (χ3v) is 8.04. The van der Waals surface area contributed by atoms with Gasteiger partial charge in [0.2, 0.25) is 0 Å². The molecule has 0 fully saturated rings. The number of rotatable bonds is 15. The second-order valence-corrected chi connectivity index (χ2v) is 12.4. The van der Waals surface area contributed by atoms with Crippen molar-refractivity contribution in [3.8, 4) is 0 Å². The zero-order valence-corrected chi connectivity index (χ0v) is 31.0. The van der Waals surface area contributed by atoms with Crippen LogP contribution >= 0.6 is 15.9 Å². The highest BCUT2D eigenvalue weighted by Gasteiger charge is 2.01. The number of nitrogens with zero attached hydrogens (tertiary/aromatic N) is 2. The van der Waals surface area contributed by atoms with Gasteiger partial charge in [0.05, 0.1) is 0 Å². The average Bonchev–Trinajstić information content (AvgIpc) is 3.03. The third kappa shape index (κ3) is 19.2. The van der Waals surface area contributed by atoms with Gasteiger partial charge in [0, 0.05) is 35.8 Å². The maximum atomic E-state index is 3.88. The number of aryl methyl sites for hydroxylation is 7. The van der Waals surface area contributed by atoms with E-state index in [4.69, 9.17) is 0 Å². The molecule has 2 aromatic carbocycles. The van der Waals surface area contributed by atoms with Gasteiger partial charge in [-0.05, 0) is 112 Å². The third-order valence-electron chi connectivity index (χ3n) is 7.48. The van der Waals surface area contributed by atoms with Crippen molar-refractivity contribution in [2.45, 2.75) is 111 Å². The average molecular weight is 725 g/mol. The number of benzene rings is 2. The first kappa shape index (κ1) is 39.7. The molecule has 240 valence electrons. The molecular formula is C40H56Br2N2. The van der Waals surface area contributed by atoms with Crippen LogP contribution in [0.4, 0.5) is 0 Å². The summed E-state index contributed by atoms with van der Waals surface area (Å²) in [6.07, 6.45) is 23.1. The molecule has 0 aliphatic carbocycles. The van der Waals surface area contributed by atoms with Crippen molar-refractivity contribution in [3.05, 3.63) is 131 Å². The molecule has 0 atom stereocenters. The Labute approximate surface area is 288 Å². The zero-order valence-electron chi connectivity index (χ0n) is 27.8. The fourth-order valence-corrected chi connectivity index (χ4v) is 5.19. The van der Waals surface area contributed by atoms with Gasteiger partial charge >= 0.3 is 0 Å². The van der Waals surface area contributed by atoms with Crippen LogP contribution < -0.4 is 21.5 Å². The number of pyridine rings is 2. The Morgan fingerprint density at radius 2 is 1.07 bits per heavy atom. The summed E-state index contributed by atoms with van der Waals surface area (Å²) in [7, 11) is 0. The van der Waals surface area contributed by atoms with Gasteiger partial charge in [-0.15, -0.1) is 0 Å². The number of hydrogen-bond acceptors (Lipinski definition) is 1. The summed E-state index contributed by atoms with van der Waals surface area (Å²) in [5.74, 6) is 0. The van der Waals surface area contributed by atoms with Crippen LogP contribution in [0.15, 0.2) is 97.6 Å². The number of alkyl halides is 1. The molecule has 0 amide bonds. The van der Waals surface area contributed by atoms with E-state index in [2.05, 4.69) is 119 Å². The van der Waals surface area contributed by atoms with E-state index in [1.165, 1.54) is 110 Å². The first-order valence-corrected chi connectivity index (χ1v) is 17.7. The molecule has 2 aromatic heterocycles. The second kappa shape index (κ2) is 26.0. The molecule has 0 radical (unpaired) electrons. The van der Waals surface area contributed by atoms with Gasteiger partial charge in [0.15, 0.2) is 12.4 Å². The molecule has 4 rings (SSSR count). The first-order chi connectivity index (χ1) is 21.0. The Bertz CT molecular complexity index is 1210. The zero-order chi connectivity index (χ0) is 31.0. The van der Waals surface area contributed by atoms with Crippen LogP contribution in [0.25, 0.3) is 0 Å². The highest BCUT2D eigenvalue weighted by molar-refractivity contribution is 9.09. The van der Waals surface area contributed by atoms with E-state index in [0.29, 0.717) is 0 Å². The van der Waals surface area contributed by atoms with Gasteiger partial charge in [0.1, 0.15) is 6.54 Å². The van der Waals surface area contributed by atoms with Gasteiger partial charge < -0.3 is 17.0 Å². The Balaban J connectivity index is 0.000000366. The van der Waals surface area contributed by atoms with Gasteiger partial charge in [-0.1, -0.05) is 97.2 Å². The molecule has 0 aliphatic rings. The van der Waals surface area contributed by atoms with Crippen molar-refractivity contribution in [1.82, 2.24) is 4.98 Å². The summed E-state index contributed by atoms with van der Waals surface area (Å²) in [4.78, 5) is 3.88. The minimum atomic E-state index is 0. The molecule has 4 aromatic rings. The molecule has 44 heavy (non-hydrogen) atoms. The molecule has 0 saturated carbocycles. The van der Waals surface area contributed by atoms with E-state index < -0.39 is 0 Å². The number of aromatic nitrogens is 2.